The van der Waals surface area contributed by atoms with E-state index >= 15 is 0 Å². The number of carbonyl (C=O) groups excluding carboxylic acids is 3. The molecule has 0 spiro atoms. The van der Waals surface area contributed by atoms with Crippen molar-refractivity contribution in [2.24, 2.45) is 0 Å². The van der Waals surface area contributed by atoms with Crippen molar-refractivity contribution >= 4 is 17.9 Å². The number of benzene rings is 1. The molecule has 24 heavy (non-hydrogen) atoms. The van der Waals surface area contributed by atoms with Crippen LogP contribution in [0, 0.1) is 0 Å². The van der Waals surface area contributed by atoms with Gasteiger partial charge >= 0.3 is 6.09 Å². The summed E-state index contributed by atoms with van der Waals surface area (Å²) < 4.78 is 6.31. The Kier molecular flexibility index (Phi) is 4.74. The lowest BCUT2D eigenvalue weighted by Gasteiger charge is -2.19. The first-order valence-electron chi connectivity index (χ1n) is 7.83. The molecule has 0 saturated carbocycles. The maximum atomic E-state index is 12.4. The molecule has 1 aliphatic rings. The molecule has 0 radical (unpaired) electrons. The Hall–Kier alpha value is -2.89. The number of aromatic nitrogens is 1. The Morgan fingerprint density at radius 1 is 1.00 bits per heavy atom. The molecule has 2 aromatic rings. The maximum Gasteiger partial charge on any atom is 0.416 e. The molecule has 1 aliphatic heterocycles. The van der Waals surface area contributed by atoms with Crippen LogP contribution in [0.25, 0.3) is 0 Å². The molecule has 1 fully saturated rings. The zero-order valence-electron chi connectivity index (χ0n) is 13.1. The van der Waals surface area contributed by atoms with Gasteiger partial charge in [0.05, 0.1) is 6.54 Å². The fourth-order valence-electron chi connectivity index (χ4n) is 2.79. The summed E-state index contributed by atoms with van der Waals surface area (Å²) in [4.78, 5) is 37.5. The average molecular weight is 326 g/mol. The Morgan fingerprint density at radius 3 is 2.29 bits per heavy atom. The second kappa shape index (κ2) is 7.12. The summed E-state index contributed by atoms with van der Waals surface area (Å²) in [5.41, 5.74) is 0.902. The van der Waals surface area contributed by atoms with Gasteiger partial charge in [0.2, 0.25) is 11.8 Å². The minimum Gasteiger partial charge on any atom is -0.447 e. The van der Waals surface area contributed by atoms with Crippen LogP contribution in [0.15, 0.2) is 54.9 Å². The molecule has 124 valence electrons. The highest BCUT2D eigenvalue weighted by Gasteiger charge is 2.31. The van der Waals surface area contributed by atoms with Crippen molar-refractivity contribution in [2.45, 2.75) is 18.8 Å². The summed E-state index contributed by atoms with van der Waals surface area (Å²) in [7, 11) is 0. The molecule has 1 atom stereocenters. The Bertz CT molecular complexity index is 725. The molecule has 0 bridgehead atoms. The average Bonchev–Trinajstić information content (AvgIpc) is 3.26. The summed E-state index contributed by atoms with van der Waals surface area (Å²) >= 11 is 0. The number of carbonyl (C=O) groups is 3. The van der Waals surface area contributed by atoms with Crippen LogP contribution in [-0.2, 0) is 9.53 Å². The Morgan fingerprint density at radius 2 is 1.67 bits per heavy atom. The number of nitrogens with zero attached hydrogens (tertiary/aromatic N) is 2. The third-order valence-corrected chi connectivity index (χ3v) is 4.07. The third-order valence-electron chi connectivity index (χ3n) is 4.07. The van der Waals surface area contributed by atoms with Gasteiger partial charge in [-0.3, -0.25) is 14.2 Å². The van der Waals surface area contributed by atoms with E-state index < -0.39 is 6.09 Å². The van der Waals surface area contributed by atoms with E-state index in [1.165, 1.54) is 4.57 Å². The van der Waals surface area contributed by atoms with Crippen molar-refractivity contribution in [1.29, 1.82) is 0 Å². The maximum absolute atomic E-state index is 12.4. The number of rotatable bonds is 5. The lowest BCUT2D eigenvalue weighted by molar-refractivity contribution is -0.128. The molecule has 2 amide bonds. The van der Waals surface area contributed by atoms with Gasteiger partial charge in [-0.2, -0.15) is 0 Å². The van der Waals surface area contributed by atoms with E-state index in [0.29, 0.717) is 0 Å². The van der Waals surface area contributed by atoms with Crippen LogP contribution < -0.4 is 0 Å². The molecular weight excluding hydrogens is 308 g/mol. The van der Waals surface area contributed by atoms with Crippen LogP contribution in [0.4, 0.5) is 4.79 Å². The van der Waals surface area contributed by atoms with Crippen molar-refractivity contribution in [3.05, 3.63) is 60.4 Å². The van der Waals surface area contributed by atoms with Crippen LogP contribution in [0.3, 0.4) is 0 Å². The van der Waals surface area contributed by atoms with Gasteiger partial charge in [-0.15, -0.1) is 0 Å². The zero-order chi connectivity index (χ0) is 16.9. The van der Waals surface area contributed by atoms with Crippen molar-refractivity contribution < 1.29 is 19.1 Å². The zero-order valence-corrected chi connectivity index (χ0v) is 13.1. The molecule has 3 rings (SSSR count). The predicted octanol–water partition coefficient (Wildman–Crippen LogP) is 2.67. The molecular formula is C18H18N2O4. The second-order valence-corrected chi connectivity index (χ2v) is 5.66. The van der Waals surface area contributed by atoms with Gasteiger partial charge < -0.3 is 4.74 Å². The van der Waals surface area contributed by atoms with Gasteiger partial charge in [-0.1, -0.05) is 30.3 Å². The van der Waals surface area contributed by atoms with Crippen molar-refractivity contribution in [1.82, 2.24) is 9.47 Å². The lowest BCUT2D eigenvalue weighted by Crippen LogP contribution is -2.33. The molecule has 0 aliphatic carbocycles. The van der Waals surface area contributed by atoms with Gasteiger partial charge in [0.25, 0.3) is 0 Å². The molecule has 6 heteroatoms. The smallest absolute Gasteiger partial charge is 0.416 e. The molecule has 0 unspecified atom stereocenters. The fourth-order valence-corrected chi connectivity index (χ4v) is 2.79. The summed E-state index contributed by atoms with van der Waals surface area (Å²) in [6.45, 7) is 0.494. The van der Waals surface area contributed by atoms with Crippen LogP contribution in [0.5, 0.6) is 0 Å². The molecule has 2 heterocycles. The van der Waals surface area contributed by atoms with E-state index in [4.69, 9.17) is 4.74 Å². The Labute approximate surface area is 139 Å². The van der Waals surface area contributed by atoms with Crippen molar-refractivity contribution in [3.63, 3.8) is 0 Å². The van der Waals surface area contributed by atoms with Crippen molar-refractivity contribution in [3.8, 4) is 0 Å². The van der Waals surface area contributed by atoms with Crippen LogP contribution in [0.1, 0.15) is 29.1 Å². The van der Waals surface area contributed by atoms with Crippen LogP contribution in [-0.4, -0.2) is 40.5 Å². The summed E-state index contributed by atoms with van der Waals surface area (Å²) in [5, 5.41) is 0. The highest BCUT2D eigenvalue weighted by molar-refractivity contribution is 5.93. The first kappa shape index (κ1) is 16.0. The highest BCUT2D eigenvalue weighted by Crippen LogP contribution is 2.26. The molecule has 1 saturated heterocycles. The Balaban J connectivity index is 1.76. The first-order valence-corrected chi connectivity index (χ1v) is 7.83. The molecule has 1 aromatic heterocycles. The van der Waals surface area contributed by atoms with Gasteiger partial charge in [-0.05, 0) is 17.7 Å². The van der Waals surface area contributed by atoms with Crippen molar-refractivity contribution in [2.75, 3.05) is 13.2 Å². The number of hydrogen-bond donors (Lipinski definition) is 0. The van der Waals surface area contributed by atoms with E-state index in [9.17, 15) is 14.4 Å². The monoisotopic (exact) mass is 326 g/mol. The van der Waals surface area contributed by atoms with Gasteiger partial charge in [-0.25, -0.2) is 9.69 Å². The topological polar surface area (TPSA) is 68.6 Å². The van der Waals surface area contributed by atoms with Gasteiger partial charge in [0, 0.05) is 31.2 Å². The third kappa shape index (κ3) is 3.53. The highest BCUT2D eigenvalue weighted by atomic mass is 16.6. The van der Waals surface area contributed by atoms with Gasteiger partial charge in [0.1, 0.15) is 6.61 Å². The quantitative estimate of drug-likeness (QED) is 0.847. The van der Waals surface area contributed by atoms with E-state index in [-0.39, 0.29) is 43.7 Å². The standard InChI is InChI=1S/C18H18N2O4/c21-16(19-8-4-5-9-19)12-15(14-6-2-1-3-7-14)13-17(22)20-10-11-24-18(20)23/h1-9,15H,10-13H2/t15-/m1/s1. The van der Waals surface area contributed by atoms with E-state index in [1.54, 1.807) is 24.5 Å². The number of ether oxygens (including phenoxy) is 1. The first-order chi connectivity index (χ1) is 11.6. The number of amides is 2. The molecule has 0 N–H and O–H groups in total. The predicted molar refractivity (Wildman–Crippen MR) is 86.5 cm³/mol. The van der Waals surface area contributed by atoms with E-state index in [2.05, 4.69) is 0 Å². The number of hydrogen-bond acceptors (Lipinski definition) is 4. The van der Waals surface area contributed by atoms with Gasteiger partial charge in [0.15, 0.2) is 0 Å². The number of imide groups is 1. The summed E-state index contributed by atoms with van der Waals surface area (Å²) in [6, 6.07) is 13.0. The minimum absolute atomic E-state index is 0.0894. The molecule has 6 nitrogen and oxygen atoms in total. The van der Waals surface area contributed by atoms with E-state index in [0.717, 1.165) is 10.5 Å². The molecule has 1 aromatic carbocycles. The SMILES string of the molecule is O=C(C[C@@H](CC(=O)n1cccc1)c1ccccc1)N1CCOC1=O. The summed E-state index contributed by atoms with van der Waals surface area (Å²) in [6.07, 6.45) is 3.04. The fraction of sp³-hybridized carbons (Fsp3) is 0.278. The second-order valence-electron chi connectivity index (χ2n) is 5.66. The summed E-state index contributed by atoms with van der Waals surface area (Å²) in [5.74, 6) is -0.695. The normalized spacial score (nSPS) is 15.2. The lowest BCUT2D eigenvalue weighted by atomic mass is 9.91. The largest absolute Gasteiger partial charge is 0.447 e. The number of cyclic esters (lactones) is 1. The van der Waals surface area contributed by atoms with Crippen LogP contribution in [0.2, 0.25) is 0 Å². The minimum atomic E-state index is -0.608. The van der Waals surface area contributed by atoms with E-state index in [1.807, 2.05) is 30.3 Å². The van der Waals surface area contributed by atoms with Crippen LogP contribution >= 0.6 is 0 Å².